The van der Waals surface area contributed by atoms with Gasteiger partial charge in [0.1, 0.15) is 11.1 Å². The molecule has 7 heteroatoms. The molecule has 0 bridgehead atoms. The lowest BCUT2D eigenvalue weighted by Crippen LogP contribution is -2.21. The maximum atomic E-state index is 12.9. The summed E-state index contributed by atoms with van der Waals surface area (Å²) >= 11 is 7.67. The van der Waals surface area contributed by atoms with Crippen LogP contribution in [-0.4, -0.2) is 14.5 Å². The summed E-state index contributed by atoms with van der Waals surface area (Å²) in [6.07, 6.45) is 6.33. The fourth-order valence-electron chi connectivity index (χ4n) is 3.44. The van der Waals surface area contributed by atoms with E-state index >= 15 is 0 Å². The molecule has 3 aromatic heterocycles. The number of thiophene rings is 1. The molecule has 0 unspecified atom stereocenters. The molecular weight excluding hydrogens is 370 g/mol. The summed E-state index contributed by atoms with van der Waals surface area (Å²) in [7, 11) is 0. The monoisotopic (exact) mass is 383 g/mol. The van der Waals surface area contributed by atoms with Gasteiger partial charge in [-0.2, -0.15) is 0 Å². The highest BCUT2D eigenvalue weighted by Gasteiger charge is 2.21. The summed E-state index contributed by atoms with van der Waals surface area (Å²) in [6.45, 7) is 0.330. The number of hydrogen-bond donors (Lipinski definition) is 0. The molecule has 0 spiro atoms. The lowest BCUT2D eigenvalue weighted by Gasteiger charge is -2.03. The second-order valence-corrected chi connectivity index (χ2v) is 7.89. The first-order chi connectivity index (χ1) is 12.7. The van der Waals surface area contributed by atoms with Gasteiger partial charge in [0.2, 0.25) is 5.89 Å². The number of halogens is 1. The van der Waals surface area contributed by atoms with E-state index in [2.05, 4.69) is 9.97 Å². The smallest absolute Gasteiger partial charge is 0.262 e. The molecule has 0 amide bonds. The third-order valence-electron chi connectivity index (χ3n) is 4.65. The van der Waals surface area contributed by atoms with Gasteiger partial charge in [-0.1, -0.05) is 17.7 Å². The van der Waals surface area contributed by atoms with Crippen LogP contribution in [0.1, 0.15) is 22.6 Å². The number of aryl methyl sites for hydroxylation is 2. The van der Waals surface area contributed by atoms with Crippen LogP contribution in [0.15, 0.2) is 46.1 Å². The minimum atomic E-state index is 0.00158. The van der Waals surface area contributed by atoms with Crippen LogP contribution in [0.25, 0.3) is 21.7 Å². The van der Waals surface area contributed by atoms with Gasteiger partial charge in [0.25, 0.3) is 5.56 Å². The van der Waals surface area contributed by atoms with Crippen LogP contribution >= 0.6 is 22.9 Å². The normalized spacial score (nSPS) is 13.4. The van der Waals surface area contributed by atoms with Crippen molar-refractivity contribution in [1.82, 2.24) is 14.5 Å². The van der Waals surface area contributed by atoms with Crippen LogP contribution < -0.4 is 5.56 Å². The van der Waals surface area contributed by atoms with Crippen LogP contribution in [0, 0.1) is 0 Å². The Bertz CT molecular complexity index is 1190. The molecule has 3 heterocycles. The zero-order valence-corrected chi connectivity index (χ0v) is 15.3. The maximum absolute atomic E-state index is 12.9. The molecule has 1 aliphatic rings. The van der Waals surface area contributed by atoms with Crippen LogP contribution in [0.4, 0.5) is 0 Å². The first-order valence-electron chi connectivity index (χ1n) is 8.39. The van der Waals surface area contributed by atoms with Crippen LogP contribution in [0.2, 0.25) is 5.02 Å². The number of rotatable bonds is 3. The molecule has 0 radical (unpaired) electrons. The van der Waals surface area contributed by atoms with Gasteiger partial charge in [0.05, 0.1) is 24.0 Å². The fourth-order valence-corrected chi connectivity index (χ4v) is 4.85. The van der Waals surface area contributed by atoms with Gasteiger partial charge >= 0.3 is 0 Å². The van der Waals surface area contributed by atoms with Gasteiger partial charge in [-0.3, -0.25) is 9.36 Å². The maximum Gasteiger partial charge on any atom is 0.262 e. The predicted molar refractivity (Wildman–Crippen MR) is 102 cm³/mol. The van der Waals surface area contributed by atoms with Gasteiger partial charge < -0.3 is 4.42 Å². The van der Waals surface area contributed by atoms with Crippen LogP contribution in [0.5, 0.6) is 0 Å². The van der Waals surface area contributed by atoms with Crippen LogP contribution in [0.3, 0.4) is 0 Å². The molecule has 26 heavy (non-hydrogen) atoms. The van der Waals surface area contributed by atoms with E-state index in [1.54, 1.807) is 40.6 Å². The standard InChI is InChI=1S/C19H14ClN3O2S/c20-12-4-1-3-11(7-12)17-22-13(9-25-17)8-23-10-21-18-16(19(23)24)14-5-2-6-15(14)26-18/h1,3-4,7,9-10H,2,5-6,8H2. The summed E-state index contributed by atoms with van der Waals surface area (Å²) in [5.74, 6) is 0.487. The van der Waals surface area contributed by atoms with Gasteiger partial charge in [0, 0.05) is 15.5 Å². The lowest BCUT2D eigenvalue weighted by atomic mass is 10.2. The molecule has 1 aliphatic carbocycles. The van der Waals surface area contributed by atoms with Gasteiger partial charge in [-0.25, -0.2) is 9.97 Å². The molecule has 1 aromatic carbocycles. The predicted octanol–water partition coefficient (Wildman–Crippen LogP) is 4.30. The van der Waals surface area contributed by atoms with Gasteiger partial charge in [-0.05, 0) is 43.0 Å². The van der Waals surface area contributed by atoms with Gasteiger partial charge in [-0.15, -0.1) is 11.3 Å². The third-order valence-corrected chi connectivity index (χ3v) is 6.08. The van der Waals surface area contributed by atoms with Crippen molar-refractivity contribution in [1.29, 1.82) is 0 Å². The quantitative estimate of drug-likeness (QED) is 0.529. The van der Waals surface area contributed by atoms with Crippen molar-refractivity contribution in [2.45, 2.75) is 25.8 Å². The Kier molecular flexibility index (Phi) is 3.69. The van der Waals surface area contributed by atoms with Crippen LogP contribution in [-0.2, 0) is 19.4 Å². The molecule has 0 aliphatic heterocycles. The van der Waals surface area contributed by atoms with Gasteiger partial charge in [0.15, 0.2) is 0 Å². The summed E-state index contributed by atoms with van der Waals surface area (Å²) in [6, 6.07) is 7.33. The number of hydrogen-bond acceptors (Lipinski definition) is 5. The van der Waals surface area contributed by atoms with E-state index in [-0.39, 0.29) is 5.56 Å². The van der Waals surface area contributed by atoms with E-state index in [9.17, 15) is 4.79 Å². The molecule has 5 nitrogen and oxygen atoms in total. The van der Waals surface area contributed by atoms with E-state index < -0.39 is 0 Å². The fraction of sp³-hybridized carbons (Fsp3) is 0.211. The number of benzene rings is 1. The third kappa shape index (κ3) is 2.57. The SMILES string of the molecule is O=c1c2c3c(sc2ncn1Cc1coc(-c2cccc(Cl)c2)n1)CCC3. The second-order valence-electron chi connectivity index (χ2n) is 6.37. The highest BCUT2D eigenvalue weighted by molar-refractivity contribution is 7.18. The Labute approximate surface area is 157 Å². The van der Waals surface area contributed by atoms with E-state index in [0.717, 1.165) is 35.0 Å². The first-order valence-corrected chi connectivity index (χ1v) is 9.58. The minimum absolute atomic E-state index is 0.00158. The summed E-state index contributed by atoms with van der Waals surface area (Å²) in [5.41, 5.74) is 2.67. The summed E-state index contributed by atoms with van der Waals surface area (Å²) in [4.78, 5) is 24.1. The Morgan fingerprint density at radius 2 is 2.23 bits per heavy atom. The zero-order chi connectivity index (χ0) is 17.7. The van der Waals surface area contributed by atoms with E-state index in [1.165, 1.54) is 10.4 Å². The first kappa shape index (κ1) is 15.8. The van der Waals surface area contributed by atoms with Crippen molar-refractivity contribution in [3.05, 3.63) is 68.4 Å². The number of nitrogens with zero attached hydrogens (tertiary/aromatic N) is 3. The molecule has 0 N–H and O–H groups in total. The van der Waals surface area contributed by atoms with Crippen molar-refractivity contribution in [2.75, 3.05) is 0 Å². The second kappa shape index (κ2) is 6.07. The largest absolute Gasteiger partial charge is 0.444 e. The average molecular weight is 384 g/mol. The molecule has 5 rings (SSSR count). The van der Waals surface area contributed by atoms with E-state index in [4.69, 9.17) is 16.0 Å². The van der Waals surface area contributed by atoms with Crippen molar-refractivity contribution >= 4 is 33.2 Å². The van der Waals surface area contributed by atoms with Crippen molar-refractivity contribution in [3.8, 4) is 11.5 Å². The molecule has 0 atom stereocenters. The Morgan fingerprint density at radius 3 is 3.12 bits per heavy atom. The highest BCUT2D eigenvalue weighted by atomic mass is 35.5. The number of oxazole rings is 1. The van der Waals surface area contributed by atoms with Crippen molar-refractivity contribution in [3.63, 3.8) is 0 Å². The summed E-state index contributed by atoms with van der Waals surface area (Å²) < 4.78 is 7.17. The zero-order valence-electron chi connectivity index (χ0n) is 13.7. The Balaban J connectivity index is 1.50. The average Bonchev–Trinajstić information content (AvgIpc) is 3.33. The van der Waals surface area contributed by atoms with E-state index in [0.29, 0.717) is 23.2 Å². The number of aromatic nitrogens is 3. The molecule has 0 saturated heterocycles. The van der Waals surface area contributed by atoms with E-state index in [1.807, 2.05) is 12.1 Å². The molecular formula is C19H14ClN3O2S. The van der Waals surface area contributed by atoms with Crippen molar-refractivity contribution in [2.24, 2.45) is 0 Å². The molecule has 0 fully saturated rings. The highest BCUT2D eigenvalue weighted by Crippen LogP contribution is 2.34. The number of fused-ring (bicyclic) bond motifs is 3. The molecule has 4 aromatic rings. The summed E-state index contributed by atoms with van der Waals surface area (Å²) in [5, 5.41) is 1.41. The molecule has 0 saturated carbocycles. The lowest BCUT2D eigenvalue weighted by molar-refractivity contribution is 0.571. The minimum Gasteiger partial charge on any atom is -0.444 e. The molecule has 130 valence electrons. The Hall–Kier alpha value is -2.44. The van der Waals surface area contributed by atoms with Crippen molar-refractivity contribution < 1.29 is 4.42 Å². The Morgan fingerprint density at radius 1 is 1.31 bits per heavy atom. The topological polar surface area (TPSA) is 60.9 Å².